The lowest BCUT2D eigenvalue weighted by Crippen LogP contribution is -2.42. The Balaban J connectivity index is 1.49. The normalized spacial score (nSPS) is 17.3. The summed E-state index contributed by atoms with van der Waals surface area (Å²) in [5.41, 5.74) is 9.23. The first-order valence-corrected chi connectivity index (χ1v) is 10.7. The molecule has 0 spiro atoms. The van der Waals surface area contributed by atoms with Gasteiger partial charge in [-0.1, -0.05) is 25.3 Å². The molecule has 8 nitrogen and oxygen atoms in total. The minimum absolute atomic E-state index is 0.169. The fraction of sp³-hybridized carbons (Fsp3) is 0.455. The lowest BCUT2D eigenvalue weighted by molar-refractivity contribution is -0.138. The third-order valence-electron chi connectivity index (χ3n) is 6.51. The molecule has 156 valence electrons. The number of benzene rings is 1. The van der Waals surface area contributed by atoms with Crippen molar-refractivity contribution in [3.8, 4) is 11.1 Å². The van der Waals surface area contributed by atoms with Crippen LogP contribution in [0.2, 0.25) is 0 Å². The molecule has 1 aliphatic heterocycles. The van der Waals surface area contributed by atoms with Crippen LogP contribution in [0.3, 0.4) is 0 Å². The van der Waals surface area contributed by atoms with Crippen LogP contribution in [0.1, 0.15) is 43.5 Å². The van der Waals surface area contributed by atoms with Gasteiger partial charge in [-0.3, -0.25) is 14.3 Å². The molecule has 1 fully saturated rings. The van der Waals surface area contributed by atoms with E-state index in [2.05, 4.69) is 15.3 Å². The third kappa shape index (κ3) is 3.21. The highest BCUT2D eigenvalue weighted by atomic mass is 16.2. The minimum Gasteiger partial charge on any atom is -0.335 e. The van der Waals surface area contributed by atoms with Gasteiger partial charge in [-0.05, 0) is 30.5 Å². The van der Waals surface area contributed by atoms with E-state index in [-0.39, 0.29) is 23.9 Å². The highest BCUT2D eigenvalue weighted by molar-refractivity contribution is 5.88. The zero-order valence-corrected chi connectivity index (χ0v) is 16.9. The first-order valence-electron chi connectivity index (χ1n) is 10.7. The monoisotopic (exact) mass is 406 g/mol. The summed E-state index contributed by atoms with van der Waals surface area (Å²) < 4.78 is 1.99. The summed E-state index contributed by atoms with van der Waals surface area (Å²) in [6, 6.07) is 5.69. The summed E-state index contributed by atoms with van der Waals surface area (Å²) in [7, 11) is 0. The van der Waals surface area contributed by atoms with Gasteiger partial charge < -0.3 is 10.6 Å². The Morgan fingerprint density at radius 1 is 1.17 bits per heavy atom. The van der Waals surface area contributed by atoms with Crippen molar-refractivity contribution in [2.75, 3.05) is 6.54 Å². The molecule has 3 aromatic rings. The average molecular weight is 406 g/mol. The number of nitrogens with one attached hydrogen (secondary N) is 1. The number of carbonyl (C=O) groups excluding carboxylic acids is 1. The molecule has 2 aliphatic rings. The van der Waals surface area contributed by atoms with Crippen LogP contribution in [0.4, 0.5) is 0 Å². The molecule has 3 heterocycles. The second kappa shape index (κ2) is 7.68. The van der Waals surface area contributed by atoms with E-state index in [9.17, 15) is 9.59 Å². The summed E-state index contributed by atoms with van der Waals surface area (Å²) in [4.78, 5) is 27.2. The number of fused-ring (bicyclic) bond motifs is 2. The molecule has 1 aliphatic carbocycles. The lowest BCUT2D eigenvalue weighted by Gasteiger charge is -2.32. The first-order chi connectivity index (χ1) is 14.7. The van der Waals surface area contributed by atoms with E-state index in [0.29, 0.717) is 30.7 Å². The van der Waals surface area contributed by atoms with Gasteiger partial charge in [0.25, 0.3) is 5.56 Å². The van der Waals surface area contributed by atoms with E-state index in [0.717, 1.165) is 47.9 Å². The molecule has 1 aromatic carbocycles. The summed E-state index contributed by atoms with van der Waals surface area (Å²) in [6.07, 6.45) is 7.42. The molecular weight excluding hydrogens is 380 g/mol. The van der Waals surface area contributed by atoms with Gasteiger partial charge >= 0.3 is 0 Å². The molecule has 0 unspecified atom stereocenters. The number of hydrogen-bond acceptors (Lipinski definition) is 5. The van der Waals surface area contributed by atoms with Gasteiger partial charge in [0.05, 0.1) is 36.1 Å². The van der Waals surface area contributed by atoms with Crippen molar-refractivity contribution in [1.29, 1.82) is 0 Å². The molecule has 1 saturated carbocycles. The number of H-pyrrole nitrogens is 1. The van der Waals surface area contributed by atoms with Gasteiger partial charge in [-0.25, -0.2) is 5.10 Å². The lowest BCUT2D eigenvalue weighted by atomic mass is 9.88. The van der Waals surface area contributed by atoms with Crippen LogP contribution in [0, 0.1) is 5.92 Å². The van der Waals surface area contributed by atoms with Crippen molar-refractivity contribution < 1.29 is 4.79 Å². The van der Waals surface area contributed by atoms with E-state index in [1.54, 1.807) is 0 Å². The fourth-order valence-electron chi connectivity index (χ4n) is 4.83. The van der Waals surface area contributed by atoms with Crippen LogP contribution >= 0.6 is 0 Å². The van der Waals surface area contributed by atoms with Crippen LogP contribution in [0.5, 0.6) is 0 Å². The Labute approximate surface area is 174 Å². The third-order valence-corrected chi connectivity index (χ3v) is 6.51. The predicted octanol–water partition coefficient (Wildman–Crippen LogP) is 2.17. The highest BCUT2D eigenvalue weighted by Crippen LogP contribution is 2.31. The summed E-state index contributed by atoms with van der Waals surface area (Å²) in [5, 5.41) is 12.5. The number of nitrogens with two attached hydrogens (primary N) is 1. The quantitative estimate of drug-likeness (QED) is 0.693. The minimum atomic E-state index is -0.227. The number of hydrogen-bond donors (Lipinski definition) is 2. The van der Waals surface area contributed by atoms with Gasteiger partial charge in [0.2, 0.25) is 5.91 Å². The Hall–Kier alpha value is -3.00. The van der Waals surface area contributed by atoms with Crippen LogP contribution in [0.15, 0.2) is 29.2 Å². The number of rotatable bonds is 3. The van der Waals surface area contributed by atoms with Crippen molar-refractivity contribution in [3.63, 3.8) is 0 Å². The molecule has 8 heteroatoms. The van der Waals surface area contributed by atoms with Crippen molar-refractivity contribution in [2.24, 2.45) is 11.7 Å². The zero-order valence-electron chi connectivity index (χ0n) is 16.9. The molecule has 5 rings (SSSR count). The van der Waals surface area contributed by atoms with E-state index < -0.39 is 0 Å². The van der Waals surface area contributed by atoms with Gasteiger partial charge in [0, 0.05) is 30.0 Å². The van der Waals surface area contributed by atoms with E-state index in [1.165, 1.54) is 6.42 Å². The van der Waals surface area contributed by atoms with E-state index in [1.807, 2.05) is 34.0 Å². The number of nitrogens with zero attached hydrogens (tertiary/aromatic N) is 4. The van der Waals surface area contributed by atoms with Crippen LogP contribution < -0.4 is 11.3 Å². The standard InChI is InChI=1S/C22H26N6O2/c23-11-19-17-10-15(6-7-16(17)21(29)26-25-19)18-12-24-28-9-8-27(13-20(18)28)22(30)14-4-2-1-3-5-14/h6-7,10,12,14H,1-5,8-9,11,13,23H2,(H,26,29). The Kier molecular flexibility index (Phi) is 4.86. The van der Waals surface area contributed by atoms with Crippen LogP contribution in [0.25, 0.3) is 21.9 Å². The SMILES string of the molecule is NCc1n[nH]c(=O)c2ccc(-c3cnn4c3CN(C(=O)C3CCCCC3)CC4)cc12. The average Bonchev–Trinajstić information content (AvgIpc) is 3.22. The fourth-order valence-corrected chi connectivity index (χ4v) is 4.83. The number of aromatic amines is 1. The van der Waals surface area contributed by atoms with Crippen molar-refractivity contribution >= 4 is 16.7 Å². The van der Waals surface area contributed by atoms with Gasteiger partial charge in [-0.2, -0.15) is 10.2 Å². The van der Waals surface area contributed by atoms with Crippen molar-refractivity contribution in [1.82, 2.24) is 24.9 Å². The molecule has 30 heavy (non-hydrogen) atoms. The largest absolute Gasteiger partial charge is 0.335 e. The van der Waals surface area contributed by atoms with E-state index in [4.69, 9.17) is 5.73 Å². The Bertz CT molecular complexity index is 1160. The second-order valence-electron chi connectivity index (χ2n) is 8.29. The van der Waals surface area contributed by atoms with Gasteiger partial charge in [0.15, 0.2) is 0 Å². The molecule has 0 bridgehead atoms. The van der Waals surface area contributed by atoms with Crippen molar-refractivity contribution in [2.45, 2.75) is 51.7 Å². The smallest absolute Gasteiger partial charge is 0.272 e. The maximum Gasteiger partial charge on any atom is 0.272 e. The highest BCUT2D eigenvalue weighted by Gasteiger charge is 2.30. The number of carbonyl (C=O) groups is 1. The molecule has 3 N–H and O–H groups in total. The molecule has 0 saturated heterocycles. The maximum absolute atomic E-state index is 13.1. The summed E-state index contributed by atoms with van der Waals surface area (Å²) >= 11 is 0. The molecule has 1 amide bonds. The first kappa shape index (κ1) is 19.0. The molecule has 0 radical (unpaired) electrons. The Morgan fingerprint density at radius 3 is 2.80 bits per heavy atom. The predicted molar refractivity (Wildman–Crippen MR) is 113 cm³/mol. The van der Waals surface area contributed by atoms with Crippen LogP contribution in [-0.4, -0.2) is 37.3 Å². The van der Waals surface area contributed by atoms with Crippen LogP contribution in [-0.2, 0) is 24.4 Å². The molecule has 2 aromatic heterocycles. The van der Waals surface area contributed by atoms with Crippen molar-refractivity contribution in [3.05, 3.63) is 46.1 Å². The number of aromatic nitrogens is 4. The Morgan fingerprint density at radius 2 is 2.00 bits per heavy atom. The van der Waals surface area contributed by atoms with Gasteiger partial charge in [-0.15, -0.1) is 0 Å². The summed E-state index contributed by atoms with van der Waals surface area (Å²) in [6.45, 7) is 2.22. The zero-order chi connectivity index (χ0) is 20.7. The molecule has 0 atom stereocenters. The van der Waals surface area contributed by atoms with Gasteiger partial charge in [0.1, 0.15) is 0 Å². The summed E-state index contributed by atoms with van der Waals surface area (Å²) in [5.74, 6) is 0.454. The number of amides is 1. The molecular formula is C22H26N6O2. The topological polar surface area (TPSA) is 110 Å². The van der Waals surface area contributed by atoms with E-state index >= 15 is 0 Å². The maximum atomic E-state index is 13.1. The second-order valence-corrected chi connectivity index (χ2v) is 8.29.